The van der Waals surface area contributed by atoms with Gasteiger partial charge in [0.2, 0.25) is 0 Å². The molecule has 1 aliphatic rings. The zero-order valence-corrected chi connectivity index (χ0v) is 21.7. The Kier molecular flexibility index (Phi) is 7.92. The van der Waals surface area contributed by atoms with Crippen molar-refractivity contribution < 1.29 is 19.4 Å². The maximum absolute atomic E-state index is 12.8. The first-order valence-electron chi connectivity index (χ1n) is 12.5. The standard InChI is InChI=1S/C27H36N4O5/c1-16(2)24(27(34)36-21-8-9-35-15-21)28-12-19-6-7-23-22(11-19)29-25(31(23)18(4)14-32)20-10-17(3)26(33)30(5)13-20/h6-7,10-11,13,16,18,21,24,28,32H,8-9,12,14-15H2,1-5H3/t18-,21?,24-/m0/s1. The summed E-state index contributed by atoms with van der Waals surface area (Å²) < 4.78 is 14.5. The molecule has 3 heterocycles. The van der Waals surface area contributed by atoms with Gasteiger partial charge in [-0.15, -0.1) is 0 Å². The summed E-state index contributed by atoms with van der Waals surface area (Å²) in [5.41, 5.74) is 4.04. The van der Waals surface area contributed by atoms with Crippen molar-refractivity contribution >= 4 is 17.0 Å². The largest absolute Gasteiger partial charge is 0.459 e. The van der Waals surface area contributed by atoms with E-state index in [1.807, 2.05) is 49.6 Å². The van der Waals surface area contributed by atoms with Crippen LogP contribution in [0.15, 0.2) is 35.3 Å². The fraction of sp³-hybridized carbons (Fsp3) is 0.519. The molecular formula is C27H36N4O5. The average molecular weight is 497 g/mol. The Hall–Kier alpha value is -3.01. The van der Waals surface area contributed by atoms with Gasteiger partial charge in [-0.2, -0.15) is 0 Å². The Bertz CT molecular complexity index is 1260. The summed E-state index contributed by atoms with van der Waals surface area (Å²) in [6.07, 6.45) is 2.34. The van der Waals surface area contributed by atoms with Crippen molar-refractivity contribution in [2.45, 2.75) is 58.8 Å². The van der Waals surface area contributed by atoms with Crippen LogP contribution < -0.4 is 10.9 Å². The van der Waals surface area contributed by atoms with Gasteiger partial charge in [-0.05, 0) is 43.5 Å². The fourth-order valence-corrected chi connectivity index (χ4v) is 4.65. The number of ether oxygens (including phenoxy) is 2. The van der Waals surface area contributed by atoms with Crippen LogP contribution in [0.3, 0.4) is 0 Å². The smallest absolute Gasteiger partial charge is 0.323 e. The van der Waals surface area contributed by atoms with Gasteiger partial charge in [0.15, 0.2) is 0 Å². The van der Waals surface area contributed by atoms with Gasteiger partial charge in [-0.25, -0.2) is 4.98 Å². The van der Waals surface area contributed by atoms with E-state index in [1.165, 1.54) is 0 Å². The van der Waals surface area contributed by atoms with Crippen LogP contribution in [-0.2, 0) is 27.9 Å². The molecule has 2 N–H and O–H groups in total. The summed E-state index contributed by atoms with van der Waals surface area (Å²) >= 11 is 0. The molecule has 1 unspecified atom stereocenters. The van der Waals surface area contributed by atoms with Crippen molar-refractivity contribution in [2.24, 2.45) is 13.0 Å². The molecule has 0 spiro atoms. The van der Waals surface area contributed by atoms with Crippen molar-refractivity contribution in [3.8, 4) is 11.4 Å². The van der Waals surface area contributed by atoms with E-state index in [1.54, 1.807) is 24.7 Å². The Morgan fingerprint density at radius 2 is 2.08 bits per heavy atom. The minimum Gasteiger partial charge on any atom is -0.459 e. The van der Waals surface area contributed by atoms with Crippen LogP contribution >= 0.6 is 0 Å². The second kappa shape index (κ2) is 10.9. The summed E-state index contributed by atoms with van der Waals surface area (Å²) in [6, 6.07) is 7.18. The van der Waals surface area contributed by atoms with E-state index < -0.39 is 6.04 Å². The Morgan fingerprint density at radius 3 is 2.72 bits per heavy atom. The number of carbonyl (C=O) groups excluding carboxylic acids is 1. The number of fused-ring (bicyclic) bond motifs is 1. The van der Waals surface area contributed by atoms with Gasteiger partial charge in [0, 0.05) is 37.3 Å². The Morgan fingerprint density at radius 1 is 1.31 bits per heavy atom. The van der Waals surface area contributed by atoms with Gasteiger partial charge >= 0.3 is 5.97 Å². The molecule has 3 aromatic rings. The van der Waals surface area contributed by atoms with E-state index in [4.69, 9.17) is 14.5 Å². The Balaban J connectivity index is 1.61. The normalized spacial score (nSPS) is 17.6. The first-order valence-corrected chi connectivity index (χ1v) is 12.5. The highest BCUT2D eigenvalue weighted by atomic mass is 16.6. The number of aryl methyl sites for hydroxylation is 2. The number of aliphatic hydroxyl groups excluding tert-OH is 1. The maximum atomic E-state index is 12.8. The number of benzene rings is 1. The number of carbonyl (C=O) groups is 1. The second-order valence-electron chi connectivity index (χ2n) is 10.0. The van der Waals surface area contributed by atoms with Crippen LogP contribution in [0.2, 0.25) is 0 Å². The number of nitrogens with one attached hydrogen (secondary N) is 1. The summed E-state index contributed by atoms with van der Waals surface area (Å²) in [6.45, 7) is 9.22. The molecule has 3 atom stereocenters. The average Bonchev–Trinajstić information content (AvgIpc) is 3.49. The molecule has 9 heteroatoms. The third kappa shape index (κ3) is 5.38. The molecule has 1 aliphatic heterocycles. The number of pyridine rings is 1. The molecule has 36 heavy (non-hydrogen) atoms. The highest BCUT2D eigenvalue weighted by molar-refractivity contribution is 5.81. The number of esters is 1. The lowest BCUT2D eigenvalue weighted by Crippen LogP contribution is -2.43. The van der Waals surface area contributed by atoms with E-state index in [9.17, 15) is 14.7 Å². The quantitative estimate of drug-likeness (QED) is 0.439. The molecule has 0 amide bonds. The van der Waals surface area contributed by atoms with Crippen molar-refractivity contribution in [3.05, 3.63) is 51.9 Å². The molecule has 0 aliphatic carbocycles. The topological polar surface area (TPSA) is 108 Å². The Labute approximate surface area is 211 Å². The molecule has 0 saturated carbocycles. The molecule has 1 saturated heterocycles. The minimum atomic E-state index is -0.433. The number of rotatable bonds is 9. The van der Waals surface area contributed by atoms with Gasteiger partial charge in [0.25, 0.3) is 5.56 Å². The lowest BCUT2D eigenvalue weighted by molar-refractivity contribution is -0.152. The highest BCUT2D eigenvalue weighted by Gasteiger charge is 2.28. The van der Waals surface area contributed by atoms with Gasteiger partial charge in [0.1, 0.15) is 18.0 Å². The molecule has 194 valence electrons. The molecule has 4 rings (SSSR count). The summed E-state index contributed by atoms with van der Waals surface area (Å²) in [5.74, 6) is 0.500. The molecule has 9 nitrogen and oxygen atoms in total. The van der Waals surface area contributed by atoms with Crippen LogP contribution in [0.25, 0.3) is 22.4 Å². The molecule has 1 fully saturated rings. The molecule has 2 aromatic heterocycles. The van der Waals surface area contributed by atoms with E-state index in [2.05, 4.69) is 5.32 Å². The number of hydrogen-bond acceptors (Lipinski definition) is 7. The summed E-state index contributed by atoms with van der Waals surface area (Å²) in [5, 5.41) is 13.3. The molecule has 0 radical (unpaired) electrons. The monoisotopic (exact) mass is 496 g/mol. The van der Waals surface area contributed by atoms with Gasteiger partial charge in [-0.3, -0.25) is 9.59 Å². The predicted molar refractivity (Wildman–Crippen MR) is 138 cm³/mol. The number of hydrogen-bond donors (Lipinski definition) is 2. The van der Waals surface area contributed by atoms with Crippen LogP contribution in [0, 0.1) is 12.8 Å². The lowest BCUT2D eigenvalue weighted by atomic mass is 10.0. The van der Waals surface area contributed by atoms with Crippen LogP contribution in [0.5, 0.6) is 0 Å². The first-order chi connectivity index (χ1) is 17.2. The fourth-order valence-electron chi connectivity index (χ4n) is 4.65. The number of nitrogens with zero attached hydrogens (tertiary/aromatic N) is 3. The van der Waals surface area contributed by atoms with Crippen LogP contribution in [-0.4, -0.2) is 57.2 Å². The number of aromatic nitrogens is 3. The van der Waals surface area contributed by atoms with E-state index in [-0.39, 0.29) is 36.2 Å². The molecule has 1 aromatic carbocycles. The highest BCUT2D eigenvalue weighted by Crippen LogP contribution is 2.29. The third-order valence-electron chi connectivity index (χ3n) is 6.70. The summed E-state index contributed by atoms with van der Waals surface area (Å²) in [4.78, 5) is 29.9. The van der Waals surface area contributed by atoms with Crippen molar-refractivity contribution in [1.82, 2.24) is 19.4 Å². The summed E-state index contributed by atoms with van der Waals surface area (Å²) in [7, 11) is 1.72. The van der Waals surface area contributed by atoms with Crippen LogP contribution in [0.1, 0.15) is 44.4 Å². The number of imidazole rings is 1. The van der Waals surface area contributed by atoms with Gasteiger partial charge < -0.3 is 29.0 Å². The first kappa shape index (κ1) is 26.1. The van der Waals surface area contributed by atoms with E-state index in [0.29, 0.717) is 31.1 Å². The maximum Gasteiger partial charge on any atom is 0.323 e. The van der Waals surface area contributed by atoms with Gasteiger partial charge in [-0.1, -0.05) is 19.9 Å². The minimum absolute atomic E-state index is 0.0449. The zero-order valence-electron chi connectivity index (χ0n) is 21.7. The molecule has 0 bridgehead atoms. The van der Waals surface area contributed by atoms with E-state index in [0.717, 1.165) is 28.6 Å². The lowest BCUT2D eigenvalue weighted by Gasteiger charge is -2.22. The number of aliphatic hydroxyl groups is 1. The van der Waals surface area contributed by atoms with Crippen molar-refractivity contribution in [2.75, 3.05) is 19.8 Å². The zero-order chi connectivity index (χ0) is 26.0. The van der Waals surface area contributed by atoms with Crippen molar-refractivity contribution in [3.63, 3.8) is 0 Å². The second-order valence-corrected chi connectivity index (χ2v) is 10.0. The SMILES string of the molecule is Cc1cc(-c2nc3cc(CN[C@H](C(=O)OC4CCOC4)C(C)C)ccc3n2[C@@H](C)CO)cn(C)c1=O. The third-order valence-corrected chi connectivity index (χ3v) is 6.70. The predicted octanol–water partition coefficient (Wildman–Crippen LogP) is 2.71. The van der Waals surface area contributed by atoms with Crippen molar-refractivity contribution in [1.29, 1.82) is 0 Å². The molecular weight excluding hydrogens is 460 g/mol. The van der Waals surface area contributed by atoms with Crippen LogP contribution in [0.4, 0.5) is 0 Å². The van der Waals surface area contributed by atoms with E-state index >= 15 is 0 Å². The van der Waals surface area contributed by atoms with Gasteiger partial charge in [0.05, 0.1) is 36.9 Å².